The van der Waals surface area contributed by atoms with Crippen molar-refractivity contribution >= 4 is 40.9 Å². The Morgan fingerprint density at radius 2 is 1.90 bits per heavy atom. The number of nitrogens with two attached hydrogens (primary N) is 1. The lowest BCUT2D eigenvalue weighted by Gasteiger charge is -2.24. The second kappa shape index (κ2) is 10.7. The number of nitrogens with zero attached hydrogens (tertiary/aromatic N) is 2. The lowest BCUT2D eigenvalue weighted by atomic mass is 10.2. The molecule has 2 aromatic carbocycles. The van der Waals surface area contributed by atoms with E-state index in [9.17, 15) is 19.7 Å². The second-order valence-corrected chi connectivity index (χ2v) is 6.49. The first-order valence-corrected chi connectivity index (χ1v) is 9.10. The average molecular weight is 412 g/mol. The van der Waals surface area contributed by atoms with E-state index in [2.05, 4.69) is 5.32 Å². The number of amides is 2. The quantitative estimate of drug-likeness (QED) is 0.297. The molecule has 0 aliphatic carbocycles. The van der Waals surface area contributed by atoms with Gasteiger partial charge in [-0.2, -0.15) is 0 Å². The number of nitro benzene ring substituents is 1. The summed E-state index contributed by atoms with van der Waals surface area (Å²) in [6.45, 7) is 0.666. The molecule has 150 valence electrons. The highest BCUT2D eigenvalue weighted by Crippen LogP contribution is 2.14. The molecule has 0 saturated heterocycles. The molecule has 0 fully saturated rings. The molecule has 0 aliphatic rings. The van der Waals surface area contributed by atoms with Crippen LogP contribution in [0, 0.1) is 10.1 Å². The molecular weight excluding hydrogens is 392 g/mol. The fourth-order valence-electron chi connectivity index (χ4n) is 2.44. The molecule has 29 heavy (non-hydrogen) atoms. The van der Waals surface area contributed by atoms with Crippen molar-refractivity contribution in [3.05, 3.63) is 81.9 Å². The summed E-state index contributed by atoms with van der Waals surface area (Å²) < 4.78 is 0. The zero-order chi connectivity index (χ0) is 21.2. The van der Waals surface area contributed by atoms with Crippen LogP contribution in [0.15, 0.2) is 60.7 Å². The topological polar surface area (TPSA) is 119 Å². The Kier molecular flexibility index (Phi) is 7.99. The molecule has 0 aromatic heterocycles. The van der Waals surface area contributed by atoms with Crippen LogP contribution in [0.4, 0.5) is 5.69 Å². The first kappa shape index (κ1) is 21.7. The molecule has 0 atom stereocenters. The van der Waals surface area contributed by atoms with E-state index >= 15 is 0 Å². The number of rotatable bonds is 8. The fraction of sp³-hybridized carbons (Fsp3) is 0.150. The van der Waals surface area contributed by atoms with Crippen molar-refractivity contribution in [3.8, 4) is 0 Å². The maximum Gasteiger partial charge on any atom is 0.270 e. The van der Waals surface area contributed by atoms with Crippen molar-refractivity contribution in [3.63, 3.8) is 0 Å². The maximum absolute atomic E-state index is 12.2. The highest BCUT2D eigenvalue weighted by Gasteiger charge is 2.13. The summed E-state index contributed by atoms with van der Waals surface area (Å²) in [4.78, 5) is 35.3. The van der Waals surface area contributed by atoms with Gasteiger partial charge in [-0.05, 0) is 29.4 Å². The third kappa shape index (κ3) is 7.51. The Labute approximate surface area is 173 Å². The van der Waals surface area contributed by atoms with Crippen LogP contribution in [0.25, 0.3) is 6.08 Å². The van der Waals surface area contributed by atoms with E-state index in [0.717, 1.165) is 5.56 Å². The summed E-state index contributed by atoms with van der Waals surface area (Å²) in [6, 6.07) is 15.4. The van der Waals surface area contributed by atoms with Gasteiger partial charge in [-0.1, -0.05) is 42.5 Å². The highest BCUT2D eigenvalue weighted by atomic mass is 32.1. The van der Waals surface area contributed by atoms with E-state index in [1.54, 1.807) is 11.0 Å². The van der Waals surface area contributed by atoms with Crippen LogP contribution < -0.4 is 11.1 Å². The lowest BCUT2D eigenvalue weighted by molar-refractivity contribution is -0.384. The SMILES string of the molecule is NC(=O)CCN(Cc1ccccc1)C(=S)NC(=O)/C=C/c1cccc([N+](=O)[O-])c1. The van der Waals surface area contributed by atoms with Crippen LogP contribution in [0.5, 0.6) is 0 Å². The summed E-state index contributed by atoms with van der Waals surface area (Å²) in [5.74, 6) is -0.957. The summed E-state index contributed by atoms with van der Waals surface area (Å²) in [5.41, 5.74) is 6.63. The lowest BCUT2D eigenvalue weighted by Crippen LogP contribution is -2.43. The first-order valence-electron chi connectivity index (χ1n) is 8.70. The van der Waals surface area contributed by atoms with Crippen LogP contribution in [-0.2, 0) is 16.1 Å². The van der Waals surface area contributed by atoms with Crippen LogP contribution in [-0.4, -0.2) is 33.3 Å². The molecule has 9 heteroatoms. The van der Waals surface area contributed by atoms with Gasteiger partial charge in [-0.15, -0.1) is 0 Å². The van der Waals surface area contributed by atoms with Crippen molar-refractivity contribution in [2.75, 3.05) is 6.54 Å². The molecule has 2 aromatic rings. The van der Waals surface area contributed by atoms with Crippen LogP contribution >= 0.6 is 12.2 Å². The molecule has 0 unspecified atom stereocenters. The van der Waals surface area contributed by atoms with Crippen LogP contribution in [0.1, 0.15) is 17.5 Å². The largest absolute Gasteiger partial charge is 0.370 e. The maximum atomic E-state index is 12.2. The molecule has 0 bridgehead atoms. The van der Waals surface area contributed by atoms with Gasteiger partial charge in [0, 0.05) is 37.7 Å². The van der Waals surface area contributed by atoms with E-state index in [1.807, 2.05) is 30.3 Å². The van der Waals surface area contributed by atoms with E-state index in [0.29, 0.717) is 12.1 Å². The van der Waals surface area contributed by atoms with Crippen molar-refractivity contribution < 1.29 is 14.5 Å². The number of carbonyl (C=O) groups excluding carboxylic acids is 2. The molecular formula is C20H20N4O4S. The Balaban J connectivity index is 2.02. The van der Waals surface area contributed by atoms with Crippen molar-refractivity contribution in [1.82, 2.24) is 10.2 Å². The summed E-state index contributed by atoms with van der Waals surface area (Å²) >= 11 is 5.31. The van der Waals surface area contributed by atoms with Gasteiger partial charge < -0.3 is 10.6 Å². The predicted molar refractivity (Wildman–Crippen MR) is 114 cm³/mol. The van der Waals surface area contributed by atoms with Gasteiger partial charge in [0.2, 0.25) is 11.8 Å². The Hall–Kier alpha value is -3.59. The molecule has 2 amide bonds. The van der Waals surface area contributed by atoms with Crippen molar-refractivity contribution in [2.45, 2.75) is 13.0 Å². The number of non-ortho nitro benzene ring substituents is 1. The molecule has 3 N–H and O–H groups in total. The van der Waals surface area contributed by atoms with Gasteiger partial charge >= 0.3 is 0 Å². The highest BCUT2D eigenvalue weighted by molar-refractivity contribution is 7.80. The third-order valence-electron chi connectivity index (χ3n) is 3.87. The van der Waals surface area contributed by atoms with Crippen LogP contribution in [0.3, 0.4) is 0 Å². The van der Waals surface area contributed by atoms with Crippen molar-refractivity contribution in [1.29, 1.82) is 0 Å². The minimum Gasteiger partial charge on any atom is -0.370 e. The molecule has 8 nitrogen and oxygen atoms in total. The zero-order valence-corrected chi connectivity index (χ0v) is 16.3. The third-order valence-corrected chi connectivity index (χ3v) is 4.23. The smallest absolute Gasteiger partial charge is 0.270 e. The Morgan fingerprint density at radius 3 is 2.55 bits per heavy atom. The number of hydrogen-bond donors (Lipinski definition) is 2. The molecule has 0 spiro atoms. The summed E-state index contributed by atoms with van der Waals surface area (Å²) in [5, 5.41) is 13.6. The number of primary amides is 1. The minimum atomic E-state index is -0.507. The van der Waals surface area contributed by atoms with Gasteiger partial charge in [0.15, 0.2) is 5.11 Å². The molecule has 0 aliphatic heterocycles. The van der Waals surface area contributed by atoms with E-state index in [1.165, 1.54) is 30.4 Å². The van der Waals surface area contributed by atoms with Gasteiger partial charge in [-0.25, -0.2) is 0 Å². The number of carbonyl (C=O) groups is 2. The monoisotopic (exact) mass is 412 g/mol. The minimum absolute atomic E-state index is 0.0661. The molecule has 2 rings (SSSR count). The van der Waals surface area contributed by atoms with E-state index in [-0.39, 0.29) is 23.8 Å². The first-order chi connectivity index (χ1) is 13.8. The zero-order valence-electron chi connectivity index (χ0n) is 15.5. The van der Waals surface area contributed by atoms with Crippen molar-refractivity contribution in [2.24, 2.45) is 5.73 Å². The number of nitro groups is 1. The van der Waals surface area contributed by atoms with E-state index in [4.69, 9.17) is 18.0 Å². The fourth-order valence-corrected chi connectivity index (χ4v) is 2.70. The van der Waals surface area contributed by atoms with Gasteiger partial charge in [0.1, 0.15) is 0 Å². The van der Waals surface area contributed by atoms with Gasteiger partial charge in [0.25, 0.3) is 5.69 Å². The number of benzene rings is 2. The number of hydrogen-bond acceptors (Lipinski definition) is 5. The van der Waals surface area contributed by atoms with E-state index < -0.39 is 16.7 Å². The standard InChI is InChI=1S/C20H20N4O4S/c21-18(25)11-12-23(14-16-5-2-1-3-6-16)20(29)22-19(26)10-9-15-7-4-8-17(13-15)24(27)28/h1-10,13H,11-12,14H2,(H2,21,25)(H,22,26,29)/b10-9+. The van der Waals surface area contributed by atoms with Gasteiger partial charge in [-0.3, -0.25) is 25.0 Å². The second-order valence-electron chi connectivity index (χ2n) is 6.10. The molecule has 0 saturated carbocycles. The molecule has 0 heterocycles. The normalized spacial score (nSPS) is 10.5. The Morgan fingerprint density at radius 1 is 1.17 bits per heavy atom. The summed E-state index contributed by atoms with van der Waals surface area (Å²) in [6.07, 6.45) is 2.78. The average Bonchev–Trinajstić information content (AvgIpc) is 2.70. The number of thiocarbonyl (C=S) groups is 1. The number of nitrogens with one attached hydrogen (secondary N) is 1. The molecule has 0 radical (unpaired) electrons. The predicted octanol–water partition coefficient (Wildman–Crippen LogP) is 2.39. The van der Waals surface area contributed by atoms with Crippen LogP contribution in [0.2, 0.25) is 0 Å². The van der Waals surface area contributed by atoms with Gasteiger partial charge in [0.05, 0.1) is 4.92 Å². The Bertz CT molecular complexity index is 931. The summed E-state index contributed by atoms with van der Waals surface area (Å²) in [7, 11) is 0.